The van der Waals surface area contributed by atoms with E-state index >= 15 is 0 Å². The third-order valence-electron chi connectivity index (χ3n) is 4.09. The molecule has 0 atom stereocenters. The number of piperazine rings is 1. The van der Waals surface area contributed by atoms with Crippen molar-refractivity contribution in [1.82, 2.24) is 9.88 Å². The van der Waals surface area contributed by atoms with E-state index in [4.69, 9.17) is 16.9 Å². The van der Waals surface area contributed by atoms with Gasteiger partial charge in [-0.25, -0.2) is 4.98 Å². The molecule has 1 amide bonds. The number of benzene rings is 1. The Bertz CT molecular complexity index is 779. The lowest BCUT2D eigenvalue weighted by molar-refractivity contribution is -0.117. The molecule has 0 saturated carbocycles. The highest BCUT2D eigenvalue weighted by Crippen LogP contribution is 2.20. The fraction of sp³-hybridized carbons (Fsp3) is 0.278. The van der Waals surface area contributed by atoms with E-state index in [1.54, 1.807) is 24.4 Å². The van der Waals surface area contributed by atoms with Crippen LogP contribution in [-0.4, -0.2) is 48.5 Å². The first-order valence-corrected chi connectivity index (χ1v) is 8.41. The van der Waals surface area contributed by atoms with Gasteiger partial charge < -0.3 is 10.2 Å². The Morgan fingerprint density at radius 2 is 1.96 bits per heavy atom. The van der Waals surface area contributed by atoms with E-state index in [2.05, 4.69) is 26.2 Å². The van der Waals surface area contributed by atoms with Crippen LogP contribution in [0.5, 0.6) is 0 Å². The summed E-state index contributed by atoms with van der Waals surface area (Å²) in [6.07, 6.45) is 1.58. The molecule has 3 rings (SSSR count). The molecule has 1 aromatic heterocycles. The predicted octanol–water partition coefficient (Wildman–Crippen LogP) is 2.37. The van der Waals surface area contributed by atoms with Gasteiger partial charge >= 0.3 is 0 Å². The van der Waals surface area contributed by atoms with Crippen molar-refractivity contribution in [2.75, 3.05) is 42.9 Å². The Kier molecular flexibility index (Phi) is 5.49. The molecular formula is C18H18ClN5O. The van der Waals surface area contributed by atoms with Crippen LogP contribution in [0.2, 0.25) is 5.02 Å². The maximum atomic E-state index is 12.2. The minimum atomic E-state index is -0.0713. The molecule has 1 fully saturated rings. The summed E-state index contributed by atoms with van der Waals surface area (Å²) in [7, 11) is 0. The van der Waals surface area contributed by atoms with Gasteiger partial charge in [0.15, 0.2) is 0 Å². The molecule has 7 heteroatoms. The second kappa shape index (κ2) is 7.97. The third kappa shape index (κ3) is 4.47. The van der Waals surface area contributed by atoms with Crippen molar-refractivity contribution in [3.63, 3.8) is 0 Å². The number of hydrogen-bond donors (Lipinski definition) is 1. The Hall–Kier alpha value is -2.62. The van der Waals surface area contributed by atoms with E-state index in [9.17, 15) is 4.79 Å². The molecule has 0 radical (unpaired) electrons. The smallest absolute Gasteiger partial charge is 0.238 e. The highest BCUT2D eigenvalue weighted by Gasteiger charge is 2.20. The molecule has 1 aliphatic heterocycles. The monoisotopic (exact) mass is 355 g/mol. The van der Waals surface area contributed by atoms with Crippen molar-refractivity contribution in [3.8, 4) is 6.07 Å². The number of aromatic nitrogens is 1. The summed E-state index contributed by atoms with van der Waals surface area (Å²) in [5, 5.41) is 12.2. The van der Waals surface area contributed by atoms with Crippen LogP contribution in [-0.2, 0) is 4.79 Å². The molecule has 1 aromatic carbocycles. The van der Waals surface area contributed by atoms with Crippen LogP contribution < -0.4 is 10.2 Å². The van der Waals surface area contributed by atoms with E-state index in [0.29, 0.717) is 22.8 Å². The lowest BCUT2D eigenvalue weighted by Gasteiger charge is -2.35. The van der Waals surface area contributed by atoms with Crippen molar-refractivity contribution >= 4 is 29.0 Å². The highest BCUT2D eigenvalue weighted by molar-refractivity contribution is 6.33. The maximum Gasteiger partial charge on any atom is 0.238 e. The molecule has 0 bridgehead atoms. The average Bonchev–Trinajstić information content (AvgIpc) is 2.64. The Labute approximate surface area is 151 Å². The number of para-hydroxylation sites is 1. The van der Waals surface area contributed by atoms with Crippen molar-refractivity contribution in [3.05, 3.63) is 53.2 Å². The second-order valence-electron chi connectivity index (χ2n) is 5.81. The van der Waals surface area contributed by atoms with Crippen LogP contribution in [0.4, 0.5) is 11.5 Å². The van der Waals surface area contributed by atoms with Crippen molar-refractivity contribution in [1.29, 1.82) is 5.26 Å². The summed E-state index contributed by atoms with van der Waals surface area (Å²) in [5.41, 5.74) is 1.19. The number of nitrogens with zero attached hydrogens (tertiary/aromatic N) is 4. The van der Waals surface area contributed by atoms with E-state index in [-0.39, 0.29) is 5.91 Å². The van der Waals surface area contributed by atoms with Crippen LogP contribution in [0, 0.1) is 11.3 Å². The first-order valence-electron chi connectivity index (χ1n) is 8.03. The summed E-state index contributed by atoms with van der Waals surface area (Å²) >= 11 is 6.06. The Morgan fingerprint density at radius 1 is 1.20 bits per heavy atom. The largest absolute Gasteiger partial charge is 0.354 e. The fourth-order valence-corrected chi connectivity index (χ4v) is 2.91. The van der Waals surface area contributed by atoms with Crippen molar-refractivity contribution in [2.45, 2.75) is 0 Å². The van der Waals surface area contributed by atoms with Gasteiger partial charge in [0.2, 0.25) is 5.91 Å². The molecule has 2 aromatic rings. The number of nitrogens with one attached hydrogen (secondary N) is 1. The van der Waals surface area contributed by atoms with E-state index in [1.165, 1.54) is 0 Å². The molecule has 6 nitrogen and oxygen atoms in total. The number of rotatable bonds is 4. The molecule has 0 aliphatic carbocycles. The number of carbonyl (C=O) groups is 1. The minimum absolute atomic E-state index is 0.0713. The number of anilines is 2. The zero-order chi connectivity index (χ0) is 17.6. The first kappa shape index (κ1) is 17.2. The molecule has 128 valence electrons. The number of halogens is 1. The number of pyridine rings is 1. The molecule has 25 heavy (non-hydrogen) atoms. The average molecular weight is 356 g/mol. The third-order valence-corrected chi connectivity index (χ3v) is 4.42. The van der Waals surface area contributed by atoms with E-state index in [0.717, 1.165) is 32.0 Å². The molecule has 0 spiro atoms. The van der Waals surface area contributed by atoms with Crippen LogP contribution in [0.15, 0.2) is 42.6 Å². The van der Waals surface area contributed by atoms with Crippen LogP contribution in [0.1, 0.15) is 5.56 Å². The van der Waals surface area contributed by atoms with Gasteiger partial charge in [-0.3, -0.25) is 9.69 Å². The SMILES string of the molecule is N#Cc1ccc(N2CCN(CC(=O)Nc3ccccc3Cl)CC2)nc1. The van der Waals surface area contributed by atoms with Gasteiger partial charge in [0, 0.05) is 32.4 Å². The molecule has 0 unspecified atom stereocenters. The lowest BCUT2D eigenvalue weighted by atomic mass is 10.2. The van der Waals surface area contributed by atoms with Gasteiger partial charge in [-0.15, -0.1) is 0 Å². The summed E-state index contributed by atoms with van der Waals surface area (Å²) in [5.74, 6) is 0.789. The molecular weight excluding hydrogens is 338 g/mol. The summed E-state index contributed by atoms with van der Waals surface area (Å²) < 4.78 is 0. The number of amides is 1. The number of nitriles is 1. The van der Waals surface area contributed by atoms with Crippen molar-refractivity contribution < 1.29 is 4.79 Å². The lowest BCUT2D eigenvalue weighted by Crippen LogP contribution is -2.48. The van der Waals surface area contributed by atoms with Gasteiger partial charge in [-0.2, -0.15) is 5.26 Å². The standard InChI is InChI=1S/C18H18ClN5O/c19-15-3-1-2-4-16(15)22-18(25)13-23-7-9-24(10-8-23)17-6-5-14(11-20)12-21-17/h1-6,12H,7-10,13H2,(H,22,25). The Balaban J connectivity index is 1.49. The fourth-order valence-electron chi connectivity index (χ4n) is 2.73. The van der Waals surface area contributed by atoms with Gasteiger partial charge in [0.1, 0.15) is 11.9 Å². The molecule has 1 saturated heterocycles. The number of hydrogen-bond acceptors (Lipinski definition) is 5. The van der Waals surface area contributed by atoms with Gasteiger partial charge in [-0.05, 0) is 24.3 Å². The van der Waals surface area contributed by atoms with Crippen LogP contribution >= 0.6 is 11.6 Å². The predicted molar refractivity (Wildman–Crippen MR) is 97.7 cm³/mol. The quantitative estimate of drug-likeness (QED) is 0.911. The topological polar surface area (TPSA) is 72.3 Å². The van der Waals surface area contributed by atoms with Crippen molar-refractivity contribution in [2.24, 2.45) is 0 Å². The number of carbonyl (C=O) groups excluding carboxylic acids is 1. The normalized spacial score (nSPS) is 14.8. The highest BCUT2D eigenvalue weighted by atomic mass is 35.5. The maximum absolute atomic E-state index is 12.2. The van der Waals surface area contributed by atoms with E-state index in [1.807, 2.05) is 18.2 Å². The molecule has 2 heterocycles. The van der Waals surface area contributed by atoms with Crippen LogP contribution in [0.25, 0.3) is 0 Å². The van der Waals surface area contributed by atoms with Gasteiger partial charge in [0.25, 0.3) is 0 Å². The molecule has 1 N–H and O–H groups in total. The Morgan fingerprint density at radius 3 is 2.60 bits per heavy atom. The van der Waals surface area contributed by atoms with Gasteiger partial charge in [0.05, 0.1) is 22.8 Å². The second-order valence-corrected chi connectivity index (χ2v) is 6.22. The zero-order valence-electron chi connectivity index (χ0n) is 13.7. The first-order chi connectivity index (χ1) is 12.2. The summed E-state index contributed by atoms with van der Waals surface area (Å²) in [6.45, 7) is 3.46. The minimum Gasteiger partial charge on any atom is -0.354 e. The van der Waals surface area contributed by atoms with E-state index < -0.39 is 0 Å². The summed E-state index contributed by atoms with van der Waals surface area (Å²) in [4.78, 5) is 20.8. The molecule has 1 aliphatic rings. The zero-order valence-corrected chi connectivity index (χ0v) is 14.4. The van der Waals surface area contributed by atoms with Crippen LogP contribution in [0.3, 0.4) is 0 Å². The summed E-state index contributed by atoms with van der Waals surface area (Å²) in [6, 6.07) is 12.9. The van der Waals surface area contributed by atoms with Gasteiger partial charge in [-0.1, -0.05) is 23.7 Å².